The van der Waals surface area contributed by atoms with E-state index in [0.717, 1.165) is 59.5 Å². The summed E-state index contributed by atoms with van der Waals surface area (Å²) >= 11 is 0. The zero-order valence-electron chi connectivity index (χ0n) is 25.1. The van der Waals surface area contributed by atoms with E-state index in [1.807, 2.05) is 24.3 Å². The Hall–Kier alpha value is -4.36. The number of rotatable bonds is 8. The first-order valence-corrected chi connectivity index (χ1v) is 15.8. The Bertz CT molecular complexity index is 1620. The molecule has 0 spiro atoms. The Labute approximate surface area is 258 Å². The number of nitrogens with zero attached hydrogens (tertiary/aromatic N) is 7. The maximum atomic E-state index is 12.6. The van der Waals surface area contributed by atoms with Crippen LogP contribution in [0.15, 0.2) is 49.1 Å². The van der Waals surface area contributed by atoms with Gasteiger partial charge in [0.2, 0.25) is 5.91 Å². The number of hydrogen-bond acceptors (Lipinski definition) is 9. The number of carbonyl (C=O) groups excluding carboxylic acids is 1. The van der Waals surface area contributed by atoms with Crippen LogP contribution in [0.1, 0.15) is 43.4 Å². The number of ether oxygens (including phenoxy) is 1. The van der Waals surface area contributed by atoms with E-state index in [-0.39, 0.29) is 24.1 Å². The molecule has 2 aromatic carbocycles. The number of phenols is 1. The summed E-state index contributed by atoms with van der Waals surface area (Å²) in [5.41, 5.74) is 2.97. The predicted octanol–water partition coefficient (Wildman–Crippen LogP) is 4.02. The molecule has 10 heteroatoms. The second-order valence-corrected chi connectivity index (χ2v) is 12.4. The van der Waals surface area contributed by atoms with Gasteiger partial charge in [0, 0.05) is 61.0 Å². The number of fused-ring (bicyclic) bond motifs is 2. The van der Waals surface area contributed by atoms with E-state index in [0.29, 0.717) is 50.9 Å². The van der Waals surface area contributed by atoms with Crippen molar-refractivity contribution in [2.75, 3.05) is 49.1 Å². The lowest BCUT2D eigenvalue weighted by Gasteiger charge is -2.42. The van der Waals surface area contributed by atoms with E-state index in [9.17, 15) is 15.2 Å². The van der Waals surface area contributed by atoms with Gasteiger partial charge in [0.05, 0.1) is 30.8 Å². The van der Waals surface area contributed by atoms with E-state index in [4.69, 9.17) is 14.7 Å². The van der Waals surface area contributed by atoms with Crippen molar-refractivity contribution in [2.45, 2.75) is 63.2 Å². The van der Waals surface area contributed by atoms with E-state index in [1.165, 1.54) is 25.3 Å². The van der Waals surface area contributed by atoms with Crippen molar-refractivity contribution in [1.29, 1.82) is 5.26 Å². The molecule has 10 nitrogen and oxygen atoms in total. The molecular weight excluding hydrogens is 554 g/mol. The molecule has 1 amide bonds. The highest BCUT2D eigenvalue weighted by molar-refractivity contribution is 5.95. The van der Waals surface area contributed by atoms with Gasteiger partial charge in [-0.3, -0.25) is 9.69 Å². The average Bonchev–Trinajstić information content (AvgIpc) is 3.79. The summed E-state index contributed by atoms with van der Waals surface area (Å²) in [6.07, 6.45) is 7.17. The second kappa shape index (κ2) is 12.0. The molecule has 1 saturated carbocycles. The van der Waals surface area contributed by atoms with Crippen LogP contribution in [0.3, 0.4) is 0 Å². The molecule has 0 bridgehead atoms. The highest BCUT2D eigenvalue weighted by Crippen LogP contribution is 2.37. The summed E-state index contributed by atoms with van der Waals surface area (Å²) in [5, 5.41) is 22.2. The topological polar surface area (TPSA) is 109 Å². The molecule has 7 rings (SSSR count). The van der Waals surface area contributed by atoms with Crippen LogP contribution in [-0.2, 0) is 17.8 Å². The molecular formula is C34H39N7O3. The molecule has 44 heavy (non-hydrogen) atoms. The van der Waals surface area contributed by atoms with Crippen molar-refractivity contribution in [3.63, 3.8) is 0 Å². The Morgan fingerprint density at radius 1 is 1.09 bits per heavy atom. The summed E-state index contributed by atoms with van der Waals surface area (Å²) < 4.78 is 6.40. The number of phenolic OH excluding ortho intramolecular Hbond substituents is 1. The molecule has 1 N–H and O–H groups in total. The number of aromatic hydroxyl groups is 1. The highest BCUT2D eigenvalue weighted by atomic mass is 16.5. The predicted molar refractivity (Wildman–Crippen MR) is 169 cm³/mol. The SMILES string of the molecule is C=CC(=O)N1CCN(c2nc(OCC3CCCN3C3CC3)nc3c2CCN(c2cc(O)cc4ccccc24)C3)CC1CC#N. The molecule has 3 fully saturated rings. The number of piperazine rings is 1. The number of aromatic nitrogens is 2. The largest absolute Gasteiger partial charge is 0.508 e. The van der Waals surface area contributed by atoms with Crippen molar-refractivity contribution in [2.24, 2.45) is 0 Å². The van der Waals surface area contributed by atoms with Crippen LogP contribution in [0, 0.1) is 11.3 Å². The van der Waals surface area contributed by atoms with Crippen molar-refractivity contribution >= 4 is 28.2 Å². The van der Waals surface area contributed by atoms with Crippen LogP contribution >= 0.6 is 0 Å². The fourth-order valence-corrected chi connectivity index (χ4v) is 7.29. The normalized spacial score (nSPS) is 22.1. The summed E-state index contributed by atoms with van der Waals surface area (Å²) in [6.45, 7) is 8.26. The second-order valence-electron chi connectivity index (χ2n) is 12.4. The van der Waals surface area contributed by atoms with Crippen molar-refractivity contribution in [3.8, 4) is 17.8 Å². The number of hydrogen-bond donors (Lipinski definition) is 1. The van der Waals surface area contributed by atoms with Crippen LogP contribution in [0.2, 0.25) is 0 Å². The third kappa shape index (κ3) is 5.52. The standard InChI is InChI=1S/C34H39N7O3/c1-2-32(43)41-17-16-39(20-25(41)11-13-35)33-29-12-15-38(31-19-27(42)18-23-6-3-4-8-28(23)31)21-30(29)36-34(37-33)44-22-26-7-5-14-40(26)24-9-10-24/h2-4,6,8,18-19,24-26,42H,1,5,7,9-12,14-17,20-22H2. The fourth-order valence-electron chi connectivity index (χ4n) is 7.29. The monoisotopic (exact) mass is 593 g/mol. The molecule has 4 aliphatic rings. The van der Waals surface area contributed by atoms with Gasteiger partial charge in [-0.05, 0) is 56.2 Å². The molecule has 2 atom stereocenters. The molecule has 3 aromatic rings. The smallest absolute Gasteiger partial charge is 0.318 e. The quantitative estimate of drug-likeness (QED) is 0.388. The molecule has 1 aliphatic carbocycles. The maximum absolute atomic E-state index is 12.6. The van der Waals surface area contributed by atoms with Crippen LogP contribution in [0.5, 0.6) is 11.8 Å². The number of amides is 1. The molecule has 228 valence electrons. The number of benzene rings is 2. The minimum Gasteiger partial charge on any atom is -0.508 e. The van der Waals surface area contributed by atoms with Gasteiger partial charge in [0.15, 0.2) is 0 Å². The maximum Gasteiger partial charge on any atom is 0.318 e. The molecule has 3 aliphatic heterocycles. The van der Waals surface area contributed by atoms with Gasteiger partial charge >= 0.3 is 6.01 Å². The molecule has 0 radical (unpaired) electrons. The number of nitriles is 1. The summed E-state index contributed by atoms with van der Waals surface area (Å²) in [7, 11) is 0. The van der Waals surface area contributed by atoms with Gasteiger partial charge < -0.3 is 24.5 Å². The zero-order chi connectivity index (χ0) is 30.2. The van der Waals surface area contributed by atoms with Crippen LogP contribution in [-0.4, -0.2) is 88.2 Å². The minimum atomic E-state index is -0.251. The third-order valence-electron chi connectivity index (χ3n) is 9.60. The van der Waals surface area contributed by atoms with Gasteiger partial charge in [0.1, 0.15) is 18.2 Å². The van der Waals surface area contributed by atoms with Crippen molar-refractivity contribution in [1.82, 2.24) is 19.8 Å². The van der Waals surface area contributed by atoms with E-state index in [2.05, 4.69) is 33.4 Å². The van der Waals surface area contributed by atoms with Gasteiger partial charge in [-0.25, -0.2) is 0 Å². The minimum absolute atomic E-state index is 0.149. The van der Waals surface area contributed by atoms with Crippen LogP contribution < -0.4 is 14.5 Å². The van der Waals surface area contributed by atoms with Crippen LogP contribution in [0.4, 0.5) is 11.5 Å². The Kier molecular flexibility index (Phi) is 7.73. The van der Waals surface area contributed by atoms with E-state index < -0.39 is 0 Å². The zero-order valence-corrected chi connectivity index (χ0v) is 25.1. The van der Waals surface area contributed by atoms with E-state index in [1.54, 1.807) is 11.0 Å². The van der Waals surface area contributed by atoms with Gasteiger partial charge in [-0.1, -0.05) is 30.8 Å². The highest BCUT2D eigenvalue weighted by Gasteiger charge is 2.38. The summed E-state index contributed by atoms with van der Waals surface area (Å²) in [6, 6.07) is 15.2. The molecule has 2 unspecified atom stereocenters. The Morgan fingerprint density at radius 2 is 1.95 bits per heavy atom. The summed E-state index contributed by atoms with van der Waals surface area (Å²) in [5.74, 6) is 0.929. The Balaban J connectivity index is 1.21. The van der Waals surface area contributed by atoms with E-state index >= 15 is 0 Å². The molecule has 4 heterocycles. The molecule has 2 saturated heterocycles. The van der Waals surface area contributed by atoms with Gasteiger partial charge in [-0.2, -0.15) is 15.2 Å². The average molecular weight is 594 g/mol. The third-order valence-corrected chi connectivity index (χ3v) is 9.60. The molecule has 1 aromatic heterocycles. The van der Waals surface area contributed by atoms with Crippen molar-refractivity contribution < 1.29 is 14.6 Å². The first kappa shape index (κ1) is 28.4. The van der Waals surface area contributed by atoms with Gasteiger partial charge in [0.25, 0.3) is 0 Å². The van der Waals surface area contributed by atoms with Crippen LogP contribution in [0.25, 0.3) is 10.8 Å². The van der Waals surface area contributed by atoms with Gasteiger partial charge in [-0.15, -0.1) is 0 Å². The fraction of sp³-hybridized carbons (Fsp3) is 0.471. The lowest BCUT2D eigenvalue weighted by Crippen LogP contribution is -2.55. The first-order valence-electron chi connectivity index (χ1n) is 15.8. The first-order chi connectivity index (χ1) is 21.5. The Morgan fingerprint density at radius 3 is 2.77 bits per heavy atom. The number of anilines is 2. The van der Waals surface area contributed by atoms with Crippen molar-refractivity contribution in [3.05, 3.63) is 60.3 Å². The number of carbonyl (C=O) groups is 1. The number of likely N-dealkylation sites (tertiary alicyclic amines) is 1. The lowest BCUT2D eigenvalue weighted by atomic mass is 10.0. The summed E-state index contributed by atoms with van der Waals surface area (Å²) in [4.78, 5) is 31.4. The lowest BCUT2D eigenvalue weighted by molar-refractivity contribution is -0.128.